The van der Waals surface area contributed by atoms with Crippen molar-refractivity contribution in [2.75, 3.05) is 11.9 Å². The van der Waals surface area contributed by atoms with Crippen LogP contribution in [0.5, 0.6) is 0 Å². The molecule has 0 saturated heterocycles. The van der Waals surface area contributed by atoms with Crippen LogP contribution in [-0.4, -0.2) is 23.3 Å². The van der Waals surface area contributed by atoms with Gasteiger partial charge < -0.3 is 10.4 Å². The number of amides is 1. The summed E-state index contributed by atoms with van der Waals surface area (Å²) in [4.78, 5) is 12.9. The van der Waals surface area contributed by atoms with Crippen LogP contribution in [-0.2, 0) is 6.18 Å². The number of halogens is 5. The Morgan fingerprint density at radius 1 is 1.06 bits per heavy atom. The molecule has 0 saturated carbocycles. The van der Waals surface area contributed by atoms with E-state index < -0.39 is 40.7 Å². The number of anilines is 1. The number of aliphatic hydroxyl groups is 1. The molecule has 4 nitrogen and oxygen atoms in total. The highest BCUT2D eigenvalue weighted by atomic mass is 35.5. The summed E-state index contributed by atoms with van der Waals surface area (Å²) < 4.78 is 54.6. The molecule has 3 aromatic carbocycles. The Morgan fingerprint density at radius 3 is 2.45 bits per heavy atom. The average molecular weight is 475 g/mol. The number of nitrogens with one attached hydrogen (secondary N) is 2. The SMILES string of the molecule is N=C(c1ccccc1F)c1ccc(C#CCO)cc1NC(=O)c1c(Cl)cccc1C(F)(F)F. The fourth-order valence-corrected chi connectivity index (χ4v) is 3.33. The van der Waals surface area contributed by atoms with Crippen molar-refractivity contribution in [3.8, 4) is 11.8 Å². The molecule has 0 aliphatic heterocycles. The van der Waals surface area contributed by atoms with Crippen LogP contribution in [0.25, 0.3) is 0 Å². The molecule has 3 aromatic rings. The molecule has 0 aliphatic rings. The molecule has 9 heteroatoms. The molecule has 0 radical (unpaired) electrons. The van der Waals surface area contributed by atoms with Gasteiger partial charge >= 0.3 is 6.18 Å². The number of aliphatic hydroxyl groups excluding tert-OH is 1. The van der Waals surface area contributed by atoms with Crippen LogP contribution in [0, 0.1) is 23.1 Å². The summed E-state index contributed by atoms with van der Waals surface area (Å²) in [5.41, 5.74) is -2.12. The summed E-state index contributed by atoms with van der Waals surface area (Å²) in [6.45, 7) is -0.441. The molecule has 0 aliphatic carbocycles. The zero-order valence-corrected chi connectivity index (χ0v) is 17.5. The quantitative estimate of drug-likeness (QED) is 0.265. The summed E-state index contributed by atoms with van der Waals surface area (Å²) in [5.74, 6) is 3.17. The van der Waals surface area contributed by atoms with Gasteiger partial charge in [0.05, 0.1) is 27.5 Å². The number of rotatable bonds is 4. The van der Waals surface area contributed by atoms with Crippen molar-refractivity contribution < 1.29 is 27.5 Å². The first-order valence-corrected chi connectivity index (χ1v) is 9.76. The third kappa shape index (κ3) is 5.40. The van der Waals surface area contributed by atoms with Gasteiger partial charge in [-0.05, 0) is 42.5 Å². The predicted molar refractivity (Wildman–Crippen MR) is 117 cm³/mol. The predicted octanol–water partition coefficient (Wildman–Crippen LogP) is 5.51. The van der Waals surface area contributed by atoms with Gasteiger partial charge in [0.2, 0.25) is 0 Å². The third-order valence-electron chi connectivity index (χ3n) is 4.54. The van der Waals surface area contributed by atoms with Crippen LogP contribution in [0.4, 0.5) is 23.2 Å². The zero-order chi connectivity index (χ0) is 24.2. The lowest BCUT2D eigenvalue weighted by atomic mass is 9.98. The normalized spacial score (nSPS) is 10.8. The molecule has 33 heavy (non-hydrogen) atoms. The van der Waals surface area contributed by atoms with Crippen LogP contribution >= 0.6 is 11.6 Å². The van der Waals surface area contributed by atoms with E-state index in [-0.39, 0.29) is 22.5 Å². The van der Waals surface area contributed by atoms with Crippen LogP contribution in [0.1, 0.15) is 32.6 Å². The van der Waals surface area contributed by atoms with Gasteiger partial charge in [-0.15, -0.1) is 0 Å². The van der Waals surface area contributed by atoms with E-state index in [1.165, 1.54) is 36.4 Å². The Kier molecular flexibility index (Phi) is 7.16. The standard InChI is InChI=1S/C24H15ClF4N2O2/c25-18-8-3-7-17(24(27,28)29)21(18)23(33)31-20-13-14(5-4-12-32)10-11-16(20)22(30)15-6-1-2-9-19(15)26/h1-3,6-11,13,30,32H,12H2,(H,31,33). The second-order valence-electron chi connectivity index (χ2n) is 6.69. The topological polar surface area (TPSA) is 73.2 Å². The van der Waals surface area contributed by atoms with Gasteiger partial charge in [0.1, 0.15) is 12.4 Å². The molecular formula is C24H15ClF4N2O2. The Hall–Kier alpha value is -3.67. The molecule has 0 atom stereocenters. The molecule has 0 heterocycles. The molecule has 3 N–H and O–H groups in total. The van der Waals surface area contributed by atoms with Gasteiger partial charge in [-0.1, -0.05) is 41.6 Å². The monoisotopic (exact) mass is 474 g/mol. The Bertz CT molecular complexity index is 1290. The van der Waals surface area contributed by atoms with Crippen LogP contribution < -0.4 is 5.32 Å². The molecule has 0 aromatic heterocycles. The molecule has 1 amide bonds. The van der Waals surface area contributed by atoms with Crippen molar-refractivity contribution >= 4 is 28.9 Å². The fourth-order valence-electron chi connectivity index (χ4n) is 3.07. The average Bonchev–Trinajstić information content (AvgIpc) is 2.77. The first-order valence-electron chi connectivity index (χ1n) is 9.38. The summed E-state index contributed by atoms with van der Waals surface area (Å²) >= 11 is 5.91. The van der Waals surface area contributed by atoms with E-state index in [0.29, 0.717) is 5.56 Å². The van der Waals surface area contributed by atoms with Gasteiger partial charge in [-0.2, -0.15) is 13.2 Å². The summed E-state index contributed by atoms with van der Waals surface area (Å²) in [6.07, 6.45) is -4.84. The van der Waals surface area contributed by atoms with Crippen molar-refractivity contribution in [2.24, 2.45) is 0 Å². The van der Waals surface area contributed by atoms with Gasteiger partial charge in [0.25, 0.3) is 5.91 Å². The van der Waals surface area contributed by atoms with Gasteiger partial charge in [0.15, 0.2) is 0 Å². The van der Waals surface area contributed by atoms with Gasteiger partial charge in [0, 0.05) is 16.7 Å². The van der Waals surface area contributed by atoms with E-state index in [9.17, 15) is 22.4 Å². The van der Waals surface area contributed by atoms with Crippen LogP contribution in [0.3, 0.4) is 0 Å². The highest BCUT2D eigenvalue weighted by molar-refractivity contribution is 6.34. The highest BCUT2D eigenvalue weighted by Crippen LogP contribution is 2.35. The lowest BCUT2D eigenvalue weighted by molar-refractivity contribution is -0.137. The molecule has 0 unspecified atom stereocenters. The second kappa shape index (κ2) is 9.86. The second-order valence-corrected chi connectivity index (χ2v) is 7.10. The molecule has 3 rings (SSSR count). The van der Waals surface area contributed by atoms with E-state index in [2.05, 4.69) is 17.2 Å². The van der Waals surface area contributed by atoms with E-state index in [1.54, 1.807) is 0 Å². The number of alkyl halides is 3. The van der Waals surface area contributed by atoms with Crippen molar-refractivity contribution in [2.45, 2.75) is 6.18 Å². The van der Waals surface area contributed by atoms with Crippen molar-refractivity contribution in [3.63, 3.8) is 0 Å². The van der Waals surface area contributed by atoms with Crippen molar-refractivity contribution in [3.05, 3.63) is 99.3 Å². The minimum atomic E-state index is -4.84. The molecule has 0 fully saturated rings. The lowest BCUT2D eigenvalue weighted by Gasteiger charge is -2.17. The fraction of sp³-hybridized carbons (Fsp3) is 0.0833. The number of hydrogen-bond donors (Lipinski definition) is 3. The number of carbonyl (C=O) groups excluding carboxylic acids is 1. The first-order chi connectivity index (χ1) is 15.6. The van der Waals surface area contributed by atoms with Gasteiger partial charge in [-0.3, -0.25) is 10.2 Å². The molecule has 0 spiro atoms. The van der Waals surface area contributed by atoms with Crippen molar-refractivity contribution in [1.82, 2.24) is 0 Å². The first kappa shape index (κ1) is 24.0. The number of carbonyl (C=O) groups is 1. The minimum Gasteiger partial charge on any atom is -0.384 e. The molecular weight excluding hydrogens is 460 g/mol. The number of hydrogen-bond acceptors (Lipinski definition) is 3. The molecule has 168 valence electrons. The minimum absolute atomic E-state index is 0.0450. The highest BCUT2D eigenvalue weighted by Gasteiger charge is 2.36. The summed E-state index contributed by atoms with van der Waals surface area (Å²) in [7, 11) is 0. The summed E-state index contributed by atoms with van der Waals surface area (Å²) in [5, 5.41) is 19.3. The van der Waals surface area contributed by atoms with E-state index in [0.717, 1.165) is 24.3 Å². The maximum Gasteiger partial charge on any atom is 0.417 e. The maximum atomic E-state index is 14.2. The van der Waals surface area contributed by atoms with E-state index in [4.69, 9.17) is 22.1 Å². The van der Waals surface area contributed by atoms with E-state index in [1.807, 2.05) is 0 Å². The van der Waals surface area contributed by atoms with Crippen molar-refractivity contribution in [1.29, 1.82) is 5.41 Å². The van der Waals surface area contributed by atoms with E-state index >= 15 is 0 Å². The van der Waals surface area contributed by atoms with Crippen LogP contribution in [0.2, 0.25) is 5.02 Å². The zero-order valence-electron chi connectivity index (χ0n) is 16.7. The Labute approximate surface area is 191 Å². The largest absolute Gasteiger partial charge is 0.417 e. The Morgan fingerprint density at radius 2 is 1.79 bits per heavy atom. The molecule has 0 bridgehead atoms. The Balaban J connectivity index is 2.11. The lowest BCUT2D eigenvalue weighted by Crippen LogP contribution is -2.21. The number of benzene rings is 3. The smallest absolute Gasteiger partial charge is 0.384 e. The third-order valence-corrected chi connectivity index (χ3v) is 4.85. The van der Waals surface area contributed by atoms with Gasteiger partial charge in [-0.25, -0.2) is 4.39 Å². The summed E-state index contributed by atoms with van der Waals surface area (Å²) in [6, 6.07) is 12.6. The maximum absolute atomic E-state index is 14.2. The van der Waals surface area contributed by atoms with Crippen LogP contribution in [0.15, 0.2) is 60.7 Å².